The van der Waals surface area contributed by atoms with Gasteiger partial charge in [0.15, 0.2) is 0 Å². The summed E-state index contributed by atoms with van der Waals surface area (Å²) in [5, 5.41) is 10.4. The van der Waals surface area contributed by atoms with Crippen molar-refractivity contribution >= 4 is 0 Å². The predicted molar refractivity (Wildman–Crippen MR) is 70.0 cm³/mol. The normalized spacial score (nSPS) is 28.9. The SMILES string of the molecule is COC1(C(O)CCC2CC2)CCC(C)(C)CC1. The molecule has 0 bridgehead atoms. The molecule has 2 rings (SSSR count). The minimum absolute atomic E-state index is 0.246. The van der Waals surface area contributed by atoms with Crippen LogP contribution in [-0.4, -0.2) is 23.9 Å². The van der Waals surface area contributed by atoms with Gasteiger partial charge in [0.1, 0.15) is 0 Å². The number of aliphatic hydroxyl groups excluding tert-OH is 1. The standard InChI is InChI=1S/C15H28O2/c1-14(2)8-10-15(17-3,11-9-14)13(16)7-6-12-4-5-12/h12-13,16H,4-11H2,1-3H3. The third-order valence-electron chi connectivity index (χ3n) is 5.01. The summed E-state index contributed by atoms with van der Waals surface area (Å²) in [6.45, 7) is 4.65. The van der Waals surface area contributed by atoms with Gasteiger partial charge in [0.2, 0.25) is 0 Å². The summed E-state index contributed by atoms with van der Waals surface area (Å²) in [5.74, 6) is 0.901. The van der Waals surface area contributed by atoms with Gasteiger partial charge in [-0.25, -0.2) is 0 Å². The Labute approximate surface area is 106 Å². The lowest BCUT2D eigenvalue weighted by molar-refractivity contribution is -0.138. The fourth-order valence-electron chi connectivity index (χ4n) is 3.09. The molecule has 2 aliphatic carbocycles. The molecule has 0 aromatic carbocycles. The summed E-state index contributed by atoms with van der Waals surface area (Å²) >= 11 is 0. The van der Waals surface area contributed by atoms with Gasteiger partial charge in [-0.15, -0.1) is 0 Å². The Bertz CT molecular complexity index is 246. The molecule has 0 amide bonds. The van der Waals surface area contributed by atoms with Crippen LogP contribution in [0.4, 0.5) is 0 Å². The highest BCUT2D eigenvalue weighted by molar-refractivity contribution is 4.95. The number of ether oxygens (including phenoxy) is 1. The molecule has 2 aliphatic rings. The van der Waals surface area contributed by atoms with Crippen LogP contribution in [0, 0.1) is 11.3 Å². The van der Waals surface area contributed by atoms with Crippen molar-refractivity contribution in [3.05, 3.63) is 0 Å². The molecular weight excluding hydrogens is 212 g/mol. The highest BCUT2D eigenvalue weighted by Gasteiger charge is 2.43. The maximum absolute atomic E-state index is 10.4. The molecule has 0 aromatic rings. The molecule has 0 aromatic heterocycles. The van der Waals surface area contributed by atoms with E-state index in [9.17, 15) is 5.11 Å². The largest absolute Gasteiger partial charge is 0.390 e. The van der Waals surface area contributed by atoms with E-state index in [4.69, 9.17) is 4.74 Å². The maximum atomic E-state index is 10.4. The van der Waals surface area contributed by atoms with E-state index >= 15 is 0 Å². The summed E-state index contributed by atoms with van der Waals surface area (Å²) in [6, 6.07) is 0. The van der Waals surface area contributed by atoms with Crippen molar-refractivity contribution in [2.75, 3.05) is 7.11 Å². The average molecular weight is 240 g/mol. The van der Waals surface area contributed by atoms with Crippen molar-refractivity contribution in [3.8, 4) is 0 Å². The Balaban J connectivity index is 1.89. The molecule has 0 heterocycles. The zero-order chi connectivity index (χ0) is 12.5. The third-order valence-corrected chi connectivity index (χ3v) is 5.01. The fourth-order valence-corrected chi connectivity index (χ4v) is 3.09. The highest BCUT2D eigenvalue weighted by Crippen LogP contribution is 2.45. The molecule has 2 nitrogen and oxygen atoms in total. The van der Waals surface area contributed by atoms with Crippen LogP contribution in [-0.2, 0) is 4.74 Å². The van der Waals surface area contributed by atoms with E-state index in [-0.39, 0.29) is 11.7 Å². The molecule has 17 heavy (non-hydrogen) atoms. The molecule has 2 saturated carbocycles. The molecule has 2 heteroatoms. The number of hydrogen-bond donors (Lipinski definition) is 1. The van der Waals surface area contributed by atoms with Crippen LogP contribution < -0.4 is 0 Å². The predicted octanol–water partition coefficient (Wildman–Crippen LogP) is 3.52. The third kappa shape index (κ3) is 3.23. The van der Waals surface area contributed by atoms with E-state index in [1.54, 1.807) is 7.11 Å². The Morgan fingerprint density at radius 1 is 1.18 bits per heavy atom. The molecule has 1 N–H and O–H groups in total. The molecule has 0 radical (unpaired) electrons. The van der Waals surface area contributed by atoms with Gasteiger partial charge in [0.05, 0.1) is 11.7 Å². The second-order valence-corrected chi connectivity index (χ2v) is 6.97. The first kappa shape index (κ1) is 13.4. The van der Waals surface area contributed by atoms with Gasteiger partial charge in [-0.1, -0.05) is 26.7 Å². The molecule has 0 aliphatic heterocycles. The Kier molecular flexibility index (Phi) is 3.84. The van der Waals surface area contributed by atoms with Gasteiger partial charge in [-0.05, 0) is 49.9 Å². The van der Waals surface area contributed by atoms with Gasteiger partial charge < -0.3 is 9.84 Å². The first-order valence-corrected chi connectivity index (χ1v) is 7.21. The Morgan fingerprint density at radius 2 is 1.76 bits per heavy atom. The highest BCUT2D eigenvalue weighted by atomic mass is 16.5. The fraction of sp³-hybridized carbons (Fsp3) is 1.00. The second-order valence-electron chi connectivity index (χ2n) is 6.97. The maximum Gasteiger partial charge on any atom is 0.0936 e. The lowest BCUT2D eigenvalue weighted by Crippen LogP contribution is -2.48. The zero-order valence-corrected chi connectivity index (χ0v) is 11.7. The van der Waals surface area contributed by atoms with E-state index in [0.29, 0.717) is 5.41 Å². The molecule has 0 saturated heterocycles. The Hall–Kier alpha value is -0.0800. The summed E-state index contributed by atoms with van der Waals surface area (Å²) < 4.78 is 5.74. The van der Waals surface area contributed by atoms with Crippen LogP contribution in [0.2, 0.25) is 0 Å². The van der Waals surface area contributed by atoms with E-state index in [1.807, 2.05) is 0 Å². The minimum atomic E-state index is -0.260. The van der Waals surface area contributed by atoms with Crippen LogP contribution in [0.5, 0.6) is 0 Å². The van der Waals surface area contributed by atoms with Crippen LogP contribution in [0.3, 0.4) is 0 Å². The van der Waals surface area contributed by atoms with Crippen molar-refractivity contribution in [2.45, 2.75) is 76.9 Å². The van der Waals surface area contributed by atoms with Crippen LogP contribution in [0.15, 0.2) is 0 Å². The molecule has 2 fully saturated rings. The lowest BCUT2D eigenvalue weighted by Gasteiger charge is -2.45. The molecule has 1 atom stereocenters. The second kappa shape index (κ2) is 4.89. The van der Waals surface area contributed by atoms with E-state index in [1.165, 1.54) is 32.1 Å². The molecular formula is C15H28O2. The summed E-state index contributed by atoms with van der Waals surface area (Å²) in [5.41, 5.74) is 0.183. The molecule has 0 spiro atoms. The lowest BCUT2D eigenvalue weighted by atomic mass is 9.68. The van der Waals surface area contributed by atoms with Gasteiger partial charge in [0, 0.05) is 7.11 Å². The number of hydrogen-bond acceptors (Lipinski definition) is 2. The molecule has 100 valence electrons. The van der Waals surface area contributed by atoms with E-state index in [0.717, 1.165) is 25.2 Å². The van der Waals surface area contributed by atoms with Crippen molar-refractivity contribution in [3.63, 3.8) is 0 Å². The zero-order valence-electron chi connectivity index (χ0n) is 11.7. The van der Waals surface area contributed by atoms with Gasteiger partial charge in [-0.2, -0.15) is 0 Å². The van der Waals surface area contributed by atoms with Gasteiger partial charge in [-0.3, -0.25) is 0 Å². The van der Waals surface area contributed by atoms with Gasteiger partial charge in [0.25, 0.3) is 0 Å². The van der Waals surface area contributed by atoms with Crippen molar-refractivity contribution < 1.29 is 9.84 Å². The van der Waals surface area contributed by atoms with E-state index in [2.05, 4.69) is 13.8 Å². The average Bonchev–Trinajstić information content (AvgIpc) is 3.10. The van der Waals surface area contributed by atoms with E-state index < -0.39 is 0 Å². The summed E-state index contributed by atoms with van der Waals surface area (Å²) in [4.78, 5) is 0. The van der Waals surface area contributed by atoms with Crippen molar-refractivity contribution in [1.29, 1.82) is 0 Å². The quantitative estimate of drug-likeness (QED) is 0.796. The minimum Gasteiger partial charge on any atom is -0.390 e. The van der Waals surface area contributed by atoms with Crippen LogP contribution in [0.25, 0.3) is 0 Å². The van der Waals surface area contributed by atoms with Gasteiger partial charge >= 0.3 is 0 Å². The van der Waals surface area contributed by atoms with Crippen molar-refractivity contribution in [1.82, 2.24) is 0 Å². The topological polar surface area (TPSA) is 29.5 Å². The first-order valence-electron chi connectivity index (χ1n) is 7.21. The number of methoxy groups -OCH3 is 1. The molecule has 1 unspecified atom stereocenters. The summed E-state index contributed by atoms with van der Waals surface area (Å²) in [6.07, 6.45) is 8.98. The van der Waals surface area contributed by atoms with Crippen LogP contribution in [0.1, 0.15) is 65.2 Å². The van der Waals surface area contributed by atoms with Crippen molar-refractivity contribution in [2.24, 2.45) is 11.3 Å². The number of rotatable bonds is 5. The Morgan fingerprint density at radius 3 is 2.24 bits per heavy atom. The smallest absolute Gasteiger partial charge is 0.0936 e. The first-order chi connectivity index (χ1) is 7.97. The van der Waals surface area contributed by atoms with Crippen LogP contribution >= 0.6 is 0 Å². The number of aliphatic hydroxyl groups is 1. The monoisotopic (exact) mass is 240 g/mol. The summed E-state index contributed by atoms with van der Waals surface area (Å²) in [7, 11) is 1.78.